The van der Waals surface area contributed by atoms with Crippen molar-refractivity contribution >= 4 is 34.3 Å². The highest BCUT2D eigenvalue weighted by Gasteiger charge is 2.22. The first-order chi connectivity index (χ1) is 14.6. The number of fused-ring (bicyclic) bond motifs is 2. The van der Waals surface area contributed by atoms with Gasteiger partial charge in [0.2, 0.25) is 5.91 Å². The Balaban J connectivity index is 1.47. The van der Waals surface area contributed by atoms with E-state index in [0.29, 0.717) is 48.3 Å². The lowest BCUT2D eigenvalue weighted by Crippen LogP contribution is -2.35. The molecule has 1 amide bonds. The molecule has 0 aliphatic carbocycles. The van der Waals surface area contributed by atoms with E-state index >= 15 is 0 Å². The third-order valence-electron chi connectivity index (χ3n) is 5.15. The zero-order valence-corrected chi connectivity index (χ0v) is 17.8. The Labute approximate surface area is 178 Å². The number of ether oxygens (including phenoxy) is 2. The van der Waals surface area contributed by atoms with Crippen molar-refractivity contribution in [2.24, 2.45) is 0 Å². The highest BCUT2D eigenvalue weighted by atomic mass is 32.2. The van der Waals surface area contributed by atoms with E-state index in [1.165, 1.54) is 13.4 Å². The molecule has 0 saturated carbocycles. The first-order valence-electron chi connectivity index (χ1n) is 9.75. The lowest BCUT2D eigenvalue weighted by Gasteiger charge is -2.29. The molecule has 0 unspecified atom stereocenters. The monoisotopic (exact) mass is 425 g/mol. The van der Waals surface area contributed by atoms with Gasteiger partial charge in [0.05, 0.1) is 37.1 Å². The average Bonchev–Trinajstić information content (AvgIpc) is 2.79. The summed E-state index contributed by atoms with van der Waals surface area (Å²) in [5.41, 5.74) is 1.37. The van der Waals surface area contributed by atoms with Gasteiger partial charge in [-0.05, 0) is 24.6 Å². The van der Waals surface area contributed by atoms with Crippen molar-refractivity contribution in [2.45, 2.75) is 24.3 Å². The molecule has 1 aromatic heterocycles. The maximum atomic E-state index is 12.9. The number of methoxy groups -OCH3 is 2. The van der Waals surface area contributed by atoms with Gasteiger partial charge in [-0.25, -0.2) is 4.98 Å². The largest absolute Gasteiger partial charge is 0.493 e. The number of carbonyl (C=O) groups is 1. The number of amides is 1. The molecule has 0 saturated heterocycles. The predicted octanol–water partition coefficient (Wildman–Crippen LogP) is 3.33. The molecule has 156 valence electrons. The number of para-hydroxylation sites is 1. The van der Waals surface area contributed by atoms with E-state index in [0.717, 1.165) is 16.3 Å². The van der Waals surface area contributed by atoms with Crippen molar-refractivity contribution in [2.75, 3.05) is 31.4 Å². The first-order valence-corrected chi connectivity index (χ1v) is 10.7. The summed E-state index contributed by atoms with van der Waals surface area (Å²) in [7, 11) is 3.07. The molecule has 0 bridgehead atoms. The molecule has 0 fully saturated rings. The zero-order valence-electron chi connectivity index (χ0n) is 17.0. The molecule has 30 heavy (non-hydrogen) atoms. The topological polar surface area (TPSA) is 73.7 Å². The van der Waals surface area contributed by atoms with E-state index in [4.69, 9.17) is 9.47 Å². The van der Waals surface area contributed by atoms with Crippen LogP contribution in [0, 0.1) is 0 Å². The molecule has 2 heterocycles. The van der Waals surface area contributed by atoms with Crippen molar-refractivity contribution in [3.63, 3.8) is 0 Å². The molecule has 0 spiro atoms. The Bertz CT molecular complexity index is 1140. The molecule has 0 radical (unpaired) electrons. The number of nitrogens with zero attached hydrogens (tertiary/aromatic N) is 3. The Morgan fingerprint density at radius 3 is 2.73 bits per heavy atom. The van der Waals surface area contributed by atoms with Crippen LogP contribution in [-0.4, -0.2) is 42.0 Å². The number of carbonyl (C=O) groups excluding carboxylic acids is 1. The molecular weight excluding hydrogens is 402 g/mol. The summed E-state index contributed by atoms with van der Waals surface area (Å²) in [6, 6.07) is 11.3. The van der Waals surface area contributed by atoms with Crippen LogP contribution < -0.4 is 19.9 Å². The van der Waals surface area contributed by atoms with E-state index in [1.807, 2.05) is 29.2 Å². The maximum Gasteiger partial charge on any atom is 0.261 e. The molecule has 1 aliphatic rings. The van der Waals surface area contributed by atoms with Crippen LogP contribution in [0.4, 0.5) is 5.69 Å². The van der Waals surface area contributed by atoms with E-state index in [-0.39, 0.29) is 11.5 Å². The van der Waals surface area contributed by atoms with Crippen LogP contribution in [0.15, 0.2) is 52.4 Å². The Hall–Kier alpha value is -3.00. The highest BCUT2D eigenvalue weighted by Crippen LogP contribution is 2.34. The Kier molecular flexibility index (Phi) is 5.94. The number of anilines is 1. The molecule has 8 heteroatoms. The Morgan fingerprint density at radius 1 is 1.17 bits per heavy atom. The number of aryl methyl sites for hydroxylation is 1. The number of rotatable bonds is 6. The van der Waals surface area contributed by atoms with Crippen LogP contribution in [0.1, 0.15) is 12.8 Å². The second-order valence-electron chi connectivity index (χ2n) is 6.93. The van der Waals surface area contributed by atoms with Crippen LogP contribution in [0.2, 0.25) is 0 Å². The van der Waals surface area contributed by atoms with E-state index in [2.05, 4.69) is 4.98 Å². The number of aromatic nitrogens is 2. The molecule has 0 N–H and O–H groups in total. The molecule has 4 rings (SSSR count). The van der Waals surface area contributed by atoms with Gasteiger partial charge in [-0.3, -0.25) is 14.2 Å². The van der Waals surface area contributed by atoms with E-state index < -0.39 is 0 Å². The van der Waals surface area contributed by atoms with Crippen LogP contribution in [-0.2, 0) is 11.3 Å². The summed E-state index contributed by atoms with van der Waals surface area (Å²) < 4.78 is 12.1. The van der Waals surface area contributed by atoms with Gasteiger partial charge in [-0.1, -0.05) is 12.1 Å². The molecule has 1 aliphatic heterocycles. The lowest BCUT2D eigenvalue weighted by atomic mass is 10.2. The summed E-state index contributed by atoms with van der Waals surface area (Å²) in [6.45, 7) is 1.13. The molecule has 2 aromatic carbocycles. The zero-order chi connectivity index (χ0) is 21.1. The van der Waals surface area contributed by atoms with Crippen LogP contribution in [0.25, 0.3) is 10.9 Å². The first kappa shape index (κ1) is 20.3. The van der Waals surface area contributed by atoms with Crippen molar-refractivity contribution in [1.29, 1.82) is 0 Å². The smallest absolute Gasteiger partial charge is 0.261 e. The van der Waals surface area contributed by atoms with Gasteiger partial charge >= 0.3 is 0 Å². The fourth-order valence-corrected chi connectivity index (χ4v) is 4.60. The van der Waals surface area contributed by atoms with Crippen molar-refractivity contribution in [3.05, 3.63) is 53.1 Å². The minimum atomic E-state index is -0.159. The van der Waals surface area contributed by atoms with E-state index in [9.17, 15) is 9.59 Å². The molecule has 3 aromatic rings. The number of benzene rings is 2. The molecule has 7 nitrogen and oxygen atoms in total. The van der Waals surface area contributed by atoms with Crippen LogP contribution in [0.5, 0.6) is 11.5 Å². The van der Waals surface area contributed by atoms with Gasteiger partial charge in [0.25, 0.3) is 5.56 Å². The van der Waals surface area contributed by atoms with Crippen LogP contribution >= 0.6 is 11.8 Å². The highest BCUT2D eigenvalue weighted by molar-refractivity contribution is 7.99. The number of hydrogen-bond donors (Lipinski definition) is 0. The van der Waals surface area contributed by atoms with Crippen molar-refractivity contribution in [3.8, 4) is 11.5 Å². The fraction of sp³-hybridized carbons (Fsp3) is 0.318. The van der Waals surface area contributed by atoms with Gasteiger partial charge in [-0.2, -0.15) is 0 Å². The lowest BCUT2D eigenvalue weighted by molar-refractivity contribution is -0.118. The van der Waals surface area contributed by atoms with Gasteiger partial charge in [-0.15, -0.1) is 11.8 Å². The summed E-state index contributed by atoms with van der Waals surface area (Å²) in [4.78, 5) is 33.0. The predicted molar refractivity (Wildman–Crippen MR) is 118 cm³/mol. The Morgan fingerprint density at radius 2 is 1.93 bits per heavy atom. The minimum Gasteiger partial charge on any atom is -0.493 e. The third kappa shape index (κ3) is 3.87. The number of hydrogen-bond acceptors (Lipinski definition) is 6. The summed E-state index contributed by atoms with van der Waals surface area (Å²) in [5.74, 6) is 1.98. The summed E-state index contributed by atoms with van der Waals surface area (Å²) in [5, 5.41) is 0.462. The van der Waals surface area contributed by atoms with Gasteiger partial charge < -0.3 is 14.4 Å². The number of thioether (sulfide) groups is 1. The van der Waals surface area contributed by atoms with Crippen molar-refractivity contribution < 1.29 is 14.3 Å². The quantitative estimate of drug-likeness (QED) is 0.603. The normalized spacial score (nSPS) is 13.2. The van der Waals surface area contributed by atoms with Crippen molar-refractivity contribution in [1.82, 2.24) is 9.55 Å². The summed E-state index contributed by atoms with van der Waals surface area (Å²) >= 11 is 1.77. The second kappa shape index (κ2) is 8.79. The SMILES string of the molecule is COc1cc2ncn(CCCC(=O)N3CCSc4ccccc43)c(=O)c2cc1OC. The van der Waals surface area contributed by atoms with Gasteiger partial charge in [0.15, 0.2) is 11.5 Å². The second-order valence-corrected chi connectivity index (χ2v) is 8.07. The molecule has 0 atom stereocenters. The summed E-state index contributed by atoms with van der Waals surface area (Å²) in [6.07, 6.45) is 2.45. The molecular formula is C22H23N3O4S. The third-order valence-corrected chi connectivity index (χ3v) is 6.19. The van der Waals surface area contributed by atoms with Gasteiger partial charge in [0.1, 0.15) is 0 Å². The minimum absolute atomic E-state index is 0.0796. The average molecular weight is 426 g/mol. The van der Waals surface area contributed by atoms with Gasteiger partial charge in [0, 0.05) is 36.2 Å². The van der Waals surface area contributed by atoms with E-state index in [1.54, 1.807) is 35.6 Å². The van der Waals surface area contributed by atoms with Crippen LogP contribution in [0.3, 0.4) is 0 Å². The maximum absolute atomic E-state index is 12.9. The fourth-order valence-electron chi connectivity index (χ4n) is 3.61. The standard InChI is InChI=1S/C22H23N3O4S/c1-28-18-12-15-16(13-19(18)29-2)23-14-24(22(15)27)9-5-8-21(26)25-10-11-30-20-7-4-3-6-17(20)25/h3-4,6-7,12-14H,5,8-11H2,1-2H3.